The van der Waals surface area contributed by atoms with E-state index in [-0.39, 0.29) is 23.3 Å². The van der Waals surface area contributed by atoms with Gasteiger partial charge in [0, 0.05) is 31.5 Å². The Kier molecular flexibility index (Phi) is 4.82. The monoisotopic (exact) mass is 417 g/mol. The number of aromatic nitrogens is 4. The molecular formula is C23H20FN5O2. The number of H-pyrrole nitrogens is 1. The molecule has 0 radical (unpaired) electrons. The van der Waals surface area contributed by atoms with Crippen molar-refractivity contribution in [2.75, 3.05) is 13.1 Å². The Labute approximate surface area is 177 Å². The molecule has 1 saturated heterocycles. The molecule has 1 aliphatic heterocycles. The Balaban J connectivity index is 1.29. The highest BCUT2D eigenvalue weighted by Gasteiger charge is 2.26. The van der Waals surface area contributed by atoms with Gasteiger partial charge in [0.2, 0.25) is 0 Å². The van der Waals surface area contributed by atoms with Crippen molar-refractivity contribution in [1.82, 2.24) is 24.4 Å². The average Bonchev–Trinajstić information content (AvgIpc) is 3.30. The van der Waals surface area contributed by atoms with Gasteiger partial charge in [-0.1, -0.05) is 12.1 Å². The van der Waals surface area contributed by atoms with Crippen molar-refractivity contribution in [1.29, 1.82) is 0 Å². The normalized spacial score (nSPS) is 14.8. The van der Waals surface area contributed by atoms with Gasteiger partial charge in [0.15, 0.2) is 5.65 Å². The minimum Gasteiger partial charge on any atom is -0.357 e. The van der Waals surface area contributed by atoms with Crippen molar-refractivity contribution in [2.24, 2.45) is 0 Å². The summed E-state index contributed by atoms with van der Waals surface area (Å²) in [7, 11) is 0. The summed E-state index contributed by atoms with van der Waals surface area (Å²) >= 11 is 0. The molecule has 0 unspecified atom stereocenters. The fourth-order valence-electron chi connectivity index (χ4n) is 4.08. The third-order valence-electron chi connectivity index (χ3n) is 5.79. The average molecular weight is 417 g/mol. The van der Waals surface area contributed by atoms with E-state index in [4.69, 9.17) is 0 Å². The fourth-order valence-corrected chi connectivity index (χ4v) is 4.08. The van der Waals surface area contributed by atoms with Crippen LogP contribution >= 0.6 is 0 Å². The van der Waals surface area contributed by atoms with Gasteiger partial charge in [-0.2, -0.15) is 0 Å². The second-order valence-electron chi connectivity index (χ2n) is 7.66. The minimum absolute atomic E-state index is 0.00734. The van der Waals surface area contributed by atoms with Crippen molar-refractivity contribution in [2.45, 2.75) is 18.9 Å². The van der Waals surface area contributed by atoms with Crippen molar-refractivity contribution >= 4 is 16.9 Å². The van der Waals surface area contributed by atoms with Crippen LogP contribution in [-0.4, -0.2) is 43.4 Å². The predicted octanol–water partition coefficient (Wildman–Crippen LogP) is 3.40. The quantitative estimate of drug-likeness (QED) is 0.554. The Morgan fingerprint density at radius 2 is 1.84 bits per heavy atom. The molecule has 1 N–H and O–H groups in total. The van der Waals surface area contributed by atoms with Gasteiger partial charge in [-0.3, -0.25) is 14.2 Å². The van der Waals surface area contributed by atoms with Crippen LogP contribution in [0.2, 0.25) is 0 Å². The summed E-state index contributed by atoms with van der Waals surface area (Å²) < 4.78 is 14.8. The first-order chi connectivity index (χ1) is 15.1. The summed E-state index contributed by atoms with van der Waals surface area (Å²) in [5, 5.41) is 0.503. The largest absolute Gasteiger partial charge is 0.357 e. The molecule has 0 spiro atoms. The van der Waals surface area contributed by atoms with E-state index in [0.29, 0.717) is 42.7 Å². The standard InChI is InChI=1S/C23H20FN5O2/c24-17-5-3-15(4-6-17)16-12-20(26-13-16)23(31)28-10-7-18(8-11-28)29-14-27-21-19(22(29)30)2-1-9-25-21/h1-6,9,12-14,18,26H,7-8,10-11H2. The molecule has 0 atom stereocenters. The smallest absolute Gasteiger partial charge is 0.270 e. The van der Waals surface area contributed by atoms with E-state index < -0.39 is 0 Å². The number of rotatable bonds is 3. The number of amides is 1. The number of pyridine rings is 1. The maximum absolute atomic E-state index is 13.1. The molecule has 5 rings (SSSR count). The van der Waals surface area contributed by atoms with Crippen LogP contribution in [0, 0.1) is 5.82 Å². The summed E-state index contributed by atoms with van der Waals surface area (Å²) in [6.45, 7) is 1.10. The fraction of sp³-hybridized carbons (Fsp3) is 0.217. The van der Waals surface area contributed by atoms with Crippen LogP contribution in [0.1, 0.15) is 29.4 Å². The van der Waals surface area contributed by atoms with Crippen LogP contribution in [0.15, 0.2) is 66.0 Å². The van der Waals surface area contributed by atoms with Crippen molar-refractivity contribution < 1.29 is 9.18 Å². The first-order valence-electron chi connectivity index (χ1n) is 10.2. The summed E-state index contributed by atoms with van der Waals surface area (Å²) in [5.41, 5.74) is 2.51. The first-order valence-corrected chi connectivity index (χ1v) is 10.2. The van der Waals surface area contributed by atoms with E-state index in [2.05, 4.69) is 15.0 Å². The van der Waals surface area contributed by atoms with Gasteiger partial charge in [-0.25, -0.2) is 14.4 Å². The molecule has 8 heteroatoms. The molecule has 1 fully saturated rings. The summed E-state index contributed by atoms with van der Waals surface area (Å²) in [6.07, 6.45) is 6.27. The molecule has 7 nitrogen and oxygen atoms in total. The van der Waals surface area contributed by atoms with E-state index in [1.165, 1.54) is 12.1 Å². The molecule has 0 saturated carbocycles. The predicted molar refractivity (Wildman–Crippen MR) is 114 cm³/mol. The maximum atomic E-state index is 13.1. The van der Waals surface area contributed by atoms with E-state index in [9.17, 15) is 14.0 Å². The second kappa shape index (κ2) is 7.79. The molecular weight excluding hydrogens is 397 g/mol. The number of aromatic amines is 1. The van der Waals surface area contributed by atoms with Gasteiger partial charge in [0.25, 0.3) is 11.5 Å². The highest BCUT2D eigenvalue weighted by Crippen LogP contribution is 2.25. The van der Waals surface area contributed by atoms with Crippen LogP contribution in [0.25, 0.3) is 22.2 Å². The van der Waals surface area contributed by atoms with Crippen LogP contribution in [0.5, 0.6) is 0 Å². The van der Waals surface area contributed by atoms with Crippen molar-refractivity contribution in [3.05, 3.63) is 83.1 Å². The second-order valence-corrected chi connectivity index (χ2v) is 7.66. The SMILES string of the molecule is O=C(c1cc(-c2ccc(F)cc2)c[nH]1)N1CCC(n2cnc3ncccc3c2=O)CC1. The third kappa shape index (κ3) is 3.61. The lowest BCUT2D eigenvalue weighted by atomic mass is 10.0. The minimum atomic E-state index is -0.296. The van der Waals surface area contributed by atoms with Gasteiger partial charge in [-0.05, 0) is 54.3 Å². The number of hydrogen-bond donors (Lipinski definition) is 1. The number of fused-ring (bicyclic) bond motifs is 1. The van der Waals surface area contributed by atoms with E-state index in [1.54, 1.807) is 58.5 Å². The molecule has 3 aromatic heterocycles. The van der Waals surface area contributed by atoms with E-state index >= 15 is 0 Å². The summed E-state index contributed by atoms with van der Waals surface area (Å²) in [4.78, 5) is 39.0. The van der Waals surface area contributed by atoms with Crippen molar-refractivity contribution in [3.8, 4) is 11.1 Å². The molecule has 4 aromatic rings. The van der Waals surface area contributed by atoms with Crippen LogP contribution in [0.3, 0.4) is 0 Å². The molecule has 0 bridgehead atoms. The van der Waals surface area contributed by atoms with E-state index in [0.717, 1.165) is 11.1 Å². The number of hydrogen-bond acceptors (Lipinski definition) is 4. The Bertz CT molecular complexity index is 1300. The molecule has 31 heavy (non-hydrogen) atoms. The lowest BCUT2D eigenvalue weighted by Crippen LogP contribution is -2.41. The van der Waals surface area contributed by atoms with Crippen molar-refractivity contribution in [3.63, 3.8) is 0 Å². The lowest BCUT2D eigenvalue weighted by molar-refractivity contribution is 0.0688. The number of carbonyl (C=O) groups excluding carboxylic acids is 1. The Morgan fingerprint density at radius 3 is 2.61 bits per heavy atom. The van der Waals surface area contributed by atoms with Gasteiger partial charge in [-0.15, -0.1) is 0 Å². The topological polar surface area (TPSA) is 83.9 Å². The number of nitrogens with zero attached hydrogens (tertiary/aromatic N) is 4. The maximum Gasteiger partial charge on any atom is 0.270 e. The van der Waals surface area contributed by atoms with Crippen LogP contribution in [0.4, 0.5) is 4.39 Å². The highest BCUT2D eigenvalue weighted by atomic mass is 19.1. The van der Waals surface area contributed by atoms with E-state index in [1.807, 2.05) is 0 Å². The first kappa shape index (κ1) is 19.2. The number of likely N-dealkylation sites (tertiary alicyclic amines) is 1. The molecule has 1 aliphatic rings. The molecule has 1 amide bonds. The zero-order valence-electron chi connectivity index (χ0n) is 16.7. The molecule has 4 heterocycles. The summed E-state index contributed by atoms with van der Waals surface area (Å²) in [6, 6.07) is 11.4. The molecule has 1 aromatic carbocycles. The molecule has 156 valence electrons. The lowest BCUT2D eigenvalue weighted by Gasteiger charge is -2.32. The van der Waals surface area contributed by atoms with Crippen LogP contribution in [-0.2, 0) is 0 Å². The Morgan fingerprint density at radius 1 is 1.06 bits per heavy atom. The highest BCUT2D eigenvalue weighted by molar-refractivity contribution is 5.94. The third-order valence-corrected chi connectivity index (χ3v) is 5.79. The zero-order valence-corrected chi connectivity index (χ0v) is 16.7. The van der Waals surface area contributed by atoms with Gasteiger partial charge >= 0.3 is 0 Å². The van der Waals surface area contributed by atoms with Gasteiger partial charge < -0.3 is 9.88 Å². The number of halogens is 1. The summed E-state index contributed by atoms with van der Waals surface area (Å²) in [5.74, 6) is -0.379. The molecule has 0 aliphatic carbocycles. The Hall–Kier alpha value is -3.81. The number of nitrogens with one attached hydrogen (secondary N) is 1. The number of benzene rings is 1. The number of piperidine rings is 1. The van der Waals surface area contributed by atoms with Crippen LogP contribution < -0.4 is 5.56 Å². The number of carbonyl (C=O) groups is 1. The zero-order chi connectivity index (χ0) is 21.4. The van der Waals surface area contributed by atoms with Gasteiger partial charge in [0.05, 0.1) is 5.39 Å². The van der Waals surface area contributed by atoms with Gasteiger partial charge in [0.1, 0.15) is 17.8 Å².